The second-order valence-corrected chi connectivity index (χ2v) is 12.1. The molecule has 2 atom stereocenters. The predicted octanol–water partition coefficient (Wildman–Crippen LogP) is 2.94. The Hall–Kier alpha value is 0.390. The summed E-state index contributed by atoms with van der Waals surface area (Å²) < 4.78 is 85.8. The van der Waals surface area contributed by atoms with E-state index in [0.717, 1.165) is 0 Å². The van der Waals surface area contributed by atoms with Crippen LogP contribution in [0.1, 0.15) is 26.7 Å². The van der Waals surface area contributed by atoms with Gasteiger partial charge in [-0.25, -0.2) is 0 Å². The number of halogens is 8. The van der Waals surface area contributed by atoms with Crippen molar-refractivity contribution in [3.05, 3.63) is 0 Å². The van der Waals surface area contributed by atoms with Crippen molar-refractivity contribution >= 4 is 48.9 Å². The van der Waals surface area contributed by atoms with Gasteiger partial charge in [0, 0.05) is 0 Å². The van der Waals surface area contributed by atoms with E-state index in [0.29, 0.717) is 0 Å². The summed E-state index contributed by atoms with van der Waals surface area (Å²) in [5.41, 5.74) is -4.94. The molecule has 13 heteroatoms. The first kappa shape index (κ1) is 20.7. The second kappa shape index (κ2) is 5.95. The SMILES string of the molecule is CCC(CC(O)(C(F)(F)F)C(F)(F)F)OC(=O)C(C)(I)C12NI1N2. The van der Waals surface area contributed by atoms with E-state index in [1.165, 1.54) is 13.8 Å². The Kier molecular flexibility index (Phi) is 5.13. The summed E-state index contributed by atoms with van der Waals surface area (Å²) in [6.45, 7) is 2.77. The van der Waals surface area contributed by atoms with Gasteiger partial charge in [0.1, 0.15) is 0 Å². The third-order valence-electron chi connectivity index (χ3n) is 3.88. The minimum absolute atomic E-state index is 0.302. The average Bonchev–Trinajstić information content (AvgIpc) is 3.23. The molecule has 0 radical (unpaired) electrons. The first-order valence-corrected chi connectivity index (χ1v) is 10.9. The Morgan fingerprint density at radius 2 is 1.67 bits per heavy atom. The molecule has 3 N–H and O–H groups in total. The van der Waals surface area contributed by atoms with Gasteiger partial charge in [0.25, 0.3) is 0 Å². The summed E-state index contributed by atoms with van der Waals surface area (Å²) in [6.07, 6.45) is -15.7. The molecule has 0 amide bonds. The van der Waals surface area contributed by atoms with Crippen LogP contribution in [0, 0.1) is 0 Å². The molecule has 0 aromatic rings. The summed E-state index contributed by atoms with van der Waals surface area (Å²) in [7, 11) is 0. The molecule has 0 bridgehead atoms. The van der Waals surface area contributed by atoms with E-state index in [9.17, 15) is 36.2 Å². The van der Waals surface area contributed by atoms with E-state index in [2.05, 4.69) is 7.06 Å². The molecule has 142 valence electrons. The van der Waals surface area contributed by atoms with Gasteiger partial charge in [0.15, 0.2) is 0 Å². The molecule has 2 rings (SSSR count). The number of nitrogens with one attached hydrogen (secondary N) is 2. The van der Waals surface area contributed by atoms with Crippen LogP contribution >= 0.6 is 43.0 Å². The summed E-state index contributed by atoms with van der Waals surface area (Å²) >= 11 is 0.191. The molecular formula is C11H14F6I2N2O3. The quantitative estimate of drug-likeness (QED) is 0.0843. The van der Waals surface area contributed by atoms with E-state index >= 15 is 0 Å². The molecular weight excluding hydrogens is 576 g/mol. The van der Waals surface area contributed by atoms with Crippen LogP contribution in [0.25, 0.3) is 0 Å². The molecule has 2 fully saturated rings. The number of carbonyl (C=O) groups is 1. The summed E-state index contributed by atoms with van der Waals surface area (Å²) in [5.74, 6) is -0.918. The van der Waals surface area contributed by atoms with Gasteiger partial charge in [-0.2, -0.15) is 0 Å². The van der Waals surface area contributed by atoms with Crippen LogP contribution < -0.4 is 7.06 Å². The van der Waals surface area contributed by atoms with Crippen molar-refractivity contribution in [1.82, 2.24) is 7.06 Å². The maximum atomic E-state index is 12.7. The molecule has 2 aliphatic heterocycles. The monoisotopic (exact) mass is 590 g/mol. The Bertz CT molecular complexity index is 519. The van der Waals surface area contributed by atoms with Crippen molar-refractivity contribution in [1.29, 1.82) is 0 Å². The standard InChI is InChI=1S/C11H14F6I2N2O3/c1-3-5(4-8(23,9(12,13)14)10(15,16)17)24-6(22)7(2,18)11-19(20-11)21-11/h5,20-21,23H,3-4H2,1-2H3. The Morgan fingerprint density at radius 1 is 1.25 bits per heavy atom. The number of fused-ring (bicyclic) bond motifs is 1. The fourth-order valence-electron chi connectivity index (χ4n) is 1.97. The van der Waals surface area contributed by atoms with Crippen LogP contribution in [0.2, 0.25) is 0 Å². The molecule has 0 aliphatic carbocycles. The van der Waals surface area contributed by atoms with Crippen LogP contribution in [-0.2, 0) is 9.53 Å². The number of alkyl halides is 8. The van der Waals surface area contributed by atoms with Crippen molar-refractivity contribution in [2.24, 2.45) is 0 Å². The van der Waals surface area contributed by atoms with Gasteiger partial charge < -0.3 is 0 Å². The minimum atomic E-state index is -5.94. The van der Waals surface area contributed by atoms with E-state index in [-0.39, 0.29) is 6.42 Å². The zero-order valence-electron chi connectivity index (χ0n) is 12.3. The van der Waals surface area contributed by atoms with Gasteiger partial charge >= 0.3 is 155 Å². The van der Waals surface area contributed by atoms with Crippen LogP contribution in [0.3, 0.4) is 0 Å². The van der Waals surface area contributed by atoms with Crippen molar-refractivity contribution < 1.29 is 41.0 Å². The predicted molar refractivity (Wildman–Crippen MR) is 87.3 cm³/mol. The molecule has 2 saturated heterocycles. The normalized spacial score (nSPS) is 24.7. The molecule has 5 nitrogen and oxygen atoms in total. The number of hydrogen-bond acceptors (Lipinski definition) is 5. The number of hydrogen-bond donors (Lipinski definition) is 3. The third kappa shape index (κ3) is 3.22. The fourth-order valence-corrected chi connectivity index (χ4v) is 9.73. The Balaban J connectivity index is 2.12. The molecule has 2 unspecified atom stereocenters. The van der Waals surface area contributed by atoms with E-state index in [1.807, 2.05) is 0 Å². The fraction of sp³-hybridized carbons (Fsp3) is 0.909. The van der Waals surface area contributed by atoms with Gasteiger partial charge in [-0.15, -0.1) is 0 Å². The Labute approximate surface area is 154 Å². The van der Waals surface area contributed by atoms with Gasteiger partial charge in [-0.3, -0.25) is 0 Å². The molecule has 2 heterocycles. The van der Waals surface area contributed by atoms with Crippen LogP contribution in [0.15, 0.2) is 0 Å². The summed E-state index contributed by atoms with van der Waals surface area (Å²) in [4.78, 5) is 12.2. The van der Waals surface area contributed by atoms with Crippen LogP contribution in [0.4, 0.5) is 26.3 Å². The van der Waals surface area contributed by atoms with Gasteiger partial charge in [-0.05, 0) is 0 Å². The van der Waals surface area contributed by atoms with Crippen molar-refractivity contribution in [3.8, 4) is 0 Å². The van der Waals surface area contributed by atoms with E-state index < -0.39 is 63.9 Å². The molecule has 0 aromatic carbocycles. The number of ether oxygens (including phenoxy) is 1. The van der Waals surface area contributed by atoms with Crippen LogP contribution in [0.5, 0.6) is 0 Å². The third-order valence-corrected chi connectivity index (χ3v) is 11.0. The maximum absolute atomic E-state index is 12.7. The van der Waals surface area contributed by atoms with Crippen molar-refractivity contribution in [2.45, 2.75) is 57.8 Å². The Morgan fingerprint density at radius 3 is 1.96 bits per heavy atom. The number of aliphatic hydroxyl groups is 1. The molecule has 0 spiro atoms. The number of rotatable bonds is 6. The van der Waals surface area contributed by atoms with Gasteiger partial charge in [-0.1, -0.05) is 0 Å². The van der Waals surface area contributed by atoms with Crippen molar-refractivity contribution in [3.63, 3.8) is 0 Å². The van der Waals surface area contributed by atoms with Crippen molar-refractivity contribution in [2.75, 3.05) is 0 Å². The molecule has 2 aliphatic rings. The number of carbonyl (C=O) groups excluding carboxylic acids is 1. The number of esters is 1. The summed E-state index contributed by atoms with van der Waals surface area (Å²) in [6, 6.07) is 0. The first-order chi connectivity index (χ1) is 10.6. The topological polar surface area (TPSA) is 90.4 Å². The average molecular weight is 590 g/mol. The zero-order chi connectivity index (χ0) is 18.8. The van der Waals surface area contributed by atoms with Gasteiger partial charge in [0.05, 0.1) is 0 Å². The van der Waals surface area contributed by atoms with E-state index in [1.54, 1.807) is 22.6 Å². The zero-order valence-corrected chi connectivity index (χ0v) is 16.6. The second-order valence-electron chi connectivity index (χ2n) is 5.63. The van der Waals surface area contributed by atoms with E-state index in [4.69, 9.17) is 4.74 Å². The molecule has 0 saturated carbocycles. The van der Waals surface area contributed by atoms with Gasteiger partial charge in [0.2, 0.25) is 0 Å². The first-order valence-electron chi connectivity index (χ1n) is 6.63. The molecule has 0 aromatic heterocycles. The molecule has 24 heavy (non-hydrogen) atoms. The summed E-state index contributed by atoms with van der Waals surface area (Å²) in [5, 5.41) is 9.22. The van der Waals surface area contributed by atoms with Crippen LogP contribution in [-0.4, -0.2) is 42.2 Å².